The fraction of sp³-hybridized carbons (Fsp3) is 0. The Bertz CT molecular complexity index is 454. The van der Waals surface area contributed by atoms with E-state index in [0.29, 0.717) is 0 Å². The van der Waals surface area contributed by atoms with Gasteiger partial charge in [-0.05, 0) is 53.0 Å². The summed E-state index contributed by atoms with van der Waals surface area (Å²) in [6.45, 7) is 0. The number of halogens is 3. The predicted molar refractivity (Wildman–Crippen MR) is 57.0 cm³/mol. The van der Waals surface area contributed by atoms with Crippen LogP contribution in [-0.2, 0) is 0 Å². The van der Waals surface area contributed by atoms with Crippen LogP contribution in [0.4, 0.5) is 0 Å². The number of carbonyl (C=O) groups is 3. The van der Waals surface area contributed by atoms with Crippen molar-refractivity contribution in [3.63, 3.8) is 0 Å². The van der Waals surface area contributed by atoms with Gasteiger partial charge in [0.15, 0.2) is 0 Å². The largest absolute Gasteiger partial charge is 0.276 e. The summed E-state index contributed by atoms with van der Waals surface area (Å²) in [6, 6.07) is 3.63. The van der Waals surface area contributed by atoms with E-state index in [4.69, 9.17) is 34.8 Å². The van der Waals surface area contributed by atoms with E-state index < -0.39 is 15.7 Å². The van der Waals surface area contributed by atoms with E-state index >= 15 is 0 Å². The molecular formula is C9H3Cl3O3. The number of hydrogen-bond acceptors (Lipinski definition) is 3. The first-order chi connectivity index (χ1) is 6.93. The second-order valence-electron chi connectivity index (χ2n) is 2.58. The lowest BCUT2D eigenvalue weighted by atomic mass is 10.1. The van der Waals surface area contributed by atoms with Crippen LogP contribution in [0.5, 0.6) is 0 Å². The van der Waals surface area contributed by atoms with Crippen molar-refractivity contribution in [1.82, 2.24) is 0 Å². The molecule has 0 bridgehead atoms. The highest BCUT2D eigenvalue weighted by Gasteiger charge is 2.16. The Morgan fingerprint density at radius 1 is 0.800 bits per heavy atom. The van der Waals surface area contributed by atoms with Gasteiger partial charge in [-0.3, -0.25) is 14.4 Å². The lowest BCUT2D eigenvalue weighted by molar-refractivity contribution is 0.105. The zero-order valence-electron chi connectivity index (χ0n) is 7.09. The molecule has 0 fully saturated rings. The minimum Gasteiger partial charge on any atom is -0.276 e. The molecule has 0 spiro atoms. The smallest absolute Gasteiger partial charge is 0.253 e. The van der Waals surface area contributed by atoms with Crippen LogP contribution in [0.25, 0.3) is 0 Å². The average molecular weight is 265 g/mol. The third kappa shape index (κ3) is 2.78. The molecule has 0 aliphatic carbocycles. The molecule has 0 saturated carbocycles. The van der Waals surface area contributed by atoms with Gasteiger partial charge in [-0.25, -0.2) is 0 Å². The second-order valence-corrected chi connectivity index (χ2v) is 3.61. The predicted octanol–water partition coefficient (Wildman–Crippen LogP) is 2.82. The molecule has 0 heterocycles. The van der Waals surface area contributed by atoms with E-state index in [2.05, 4.69) is 0 Å². The highest BCUT2D eigenvalue weighted by molar-refractivity contribution is 6.72. The summed E-state index contributed by atoms with van der Waals surface area (Å²) >= 11 is 15.6. The maximum absolute atomic E-state index is 10.9. The molecule has 0 aromatic heterocycles. The lowest BCUT2D eigenvalue weighted by Gasteiger charge is -2.02. The minimum atomic E-state index is -0.876. The van der Waals surface area contributed by atoms with Crippen LogP contribution in [0.1, 0.15) is 31.1 Å². The van der Waals surface area contributed by atoms with Gasteiger partial charge >= 0.3 is 0 Å². The first-order valence-electron chi connectivity index (χ1n) is 3.67. The molecule has 6 heteroatoms. The molecule has 0 unspecified atom stereocenters. The van der Waals surface area contributed by atoms with Crippen LogP contribution >= 0.6 is 34.8 Å². The number of benzene rings is 1. The Morgan fingerprint density at radius 3 is 1.73 bits per heavy atom. The zero-order chi connectivity index (χ0) is 11.6. The van der Waals surface area contributed by atoms with Crippen molar-refractivity contribution in [2.45, 2.75) is 0 Å². The molecule has 0 saturated heterocycles. The Kier molecular flexibility index (Phi) is 3.85. The Labute approximate surface area is 99.9 Å². The molecule has 0 atom stereocenters. The summed E-state index contributed by atoms with van der Waals surface area (Å²) in [4.78, 5) is 32.6. The van der Waals surface area contributed by atoms with E-state index in [-0.39, 0.29) is 16.7 Å². The van der Waals surface area contributed by atoms with Crippen molar-refractivity contribution in [1.29, 1.82) is 0 Å². The summed E-state index contributed by atoms with van der Waals surface area (Å²) in [6.07, 6.45) is 0. The van der Waals surface area contributed by atoms with Gasteiger partial charge in [0.1, 0.15) is 0 Å². The van der Waals surface area contributed by atoms with Gasteiger partial charge in [-0.2, -0.15) is 0 Å². The monoisotopic (exact) mass is 264 g/mol. The normalized spacial score (nSPS) is 9.80. The first-order valence-corrected chi connectivity index (χ1v) is 4.80. The van der Waals surface area contributed by atoms with Crippen LogP contribution in [0.15, 0.2) is 18.2 Å². The van der Waals surface area contributed by atoms with Gasteiger partial charge in [0.25, 0.3) is 15.7 Å². The summed E-state index contributed by atoms with van der Waals surface area (Å²) < 4.78 is 0. The molecular weight excluding hydrogens is 262 g/mol. The quantitative estimate of drug-likeness (QED) is 0.790. The zero-order valence-corrected chi connectivity index (χ0v) is 9.36. The molecule has 1 aromatic rings. The van der Waals surface area contributed by atoms with Crippen molar-refractivity contribution in [3.05, 3.63) is 34.9 Å². The molecule has 0 aliphatic rings. The molecule has 3 nitrogen and oxygen atoms in total. The standard InChI is InChI=1S/C9H3Cl3O3/c10-7(13)4-1-2-5(8(11)14)6(3-4)9(12)15/h1-3H. The molecule has 1 rings (SSSR count). The van der Waals surface area contributed by atoms with Crippen LogP contribution in [-0.4, -0.2) is 15.7 Å². The van der Waals surface area contributed by atoms with Crippen molar-refractivity contribution in [2.24, 2.45) is 0 Å². The number of carbonyl (C=O) groups excluding carboxylic acids is 3. The molecule has 0 amide bonds. The molecule has 1 aromatic carbocycles. The molecule has 78 valence electrons. The van der Waals surface area contributed by atoms with Crippen LogP contribution in [0, 0.1) is 0 Å². The van der Waals surface area contributed by atoms with E-state index in [0.717, 1.165) is 6.07 Å². The highest BCUT2D eigenvalue weighted by Crippen LogP contribution is 2.17. The van der Waals surface area contributed by atoms with Crippen molar-refractivity contribution < 1.29 is 14.4 Å². The van der Waals surface area contributed by atoms with Crippen LogP contribution < -0.4 is 0 Å². The first kappa shape index (κ1) is 12.2. The number of rotatable bonds is 3. The van der Waals surface area contributed by atoms with E-state index in [1.54, 1.807) is 0 Å². The average Bonchev–Trinajstić information content (AvgIpc) is 2.16. The second kappa shape index (κ2) is 4.75. The molecule has 0 aliphatic heterocycles. The van der Waals surface area contributed by atoms with Gasteiger partial charge < -0.3 is 0 Å². The Balaban J connectivity index is 3.40. The molecule has 0 radical (unpaired) electrons. The summed E-state index contributed by atoms with van der Waals surface area (Å²) in [7, 11) is 0. The molecule has 15 heavy (non-hydrogen) atoms. The lowest BCUT2D eigenvalue weighted by Crippen LogP contribution is -2.03. The highest BCUT2D eigenvalue weighted by atomic mass is 35.5. The van der Waals surface area contributed by atoms with Gasteiger partial charge in [0, 0.05) is 16.7 Å². The fourth-order valence-electron chi connectivity index (χ4n) is 1.00. The summed E-state index contributed by atoms with van der Waals surface area (Å²) in [5, 5.41) is -2.45. The fourth-order valence-corrected chi connectivity index (χ4v) is 1.44. The Hall–Kier alpha value is -0.900. The van der Waals surface area contributed by atoms with Gasteiger partial charge in [-0.1, -0.05) is 0 Å². The minimum absolute atomic E-state index is 0.0571. The van der Waals surface area contributed by atoms with Crippen molar-refractivity contribution in [2.75, 3.05) is 0 Å². The SMILES string of the molecule is O=C(Cl)c1ccc(C(=O)Cl)c(C(=O)Cl)c1. The van der Waals surface area contributed by atoms with Crippen molar-refractivity contribution in [3.8, 4) is 0 Å². The maximum Gasteiger partial charge on any atom is 0.253 e. The van der Waals surface area contributed by atoms with Gasteiger partial charge in [0.2, 0.25) is 0 Å². The molecule has 0 N–H and O–H groups in total. The van der Waals surface area contributed by atoms with Gasteiger partial charge in [0.05, 0.1) is 0 Å². The summed E-state index contributed by atoms with van der Waals surface area (Å²) in [5.74, 6) is 0. The third-order valence-corrected chi connectivity index (χ3v) is 2.30. The third-order valence-electron chi connectivity index (χ3n) is 1.67. The van der Waals surface area contributed by atoms with Crippen LogP contribution in [0.2, 0.25) is 0 Å². The van der Waals surface area contributed by atoms with Crippen LogP contribution in [0.3, 0.4) is 0 Å². The van der Waals surface area contributed by atoms with Crippen molar-refractivity contribution >= 4 is 50.5 Å². The van der Waals surface area contributed by atoms with E-state index in [9.17, 15) is 14.4 Å². The number of hydrogen-bond donors (Lipinski definition) is 0. The topological polar surface area (TPSA) is 51.2 Å². The summed E-state index contributed by atoms with van der Waals surface area (Å²) in [5.41, 5.74) is -0.121. The Morgan fingerprint density at radius 2 is 1.33 bits per heavy atom. The maximum atomic E-state index is 10.9. The van der Waals surface area contributed by atoms with Gasteiger partial charge in [-0.15, -0.1) is 0 Å². The van der Waals surface area contributed by atoms with E-state index in [1.807, 2.05) is 0 Å². The van der Waals surface area contributed by atoms with E-state index in [1.165, 1.54) is 12.1 Å².